The molecule has 206 valence electrons. The van der Waals surface area contributed by atoms with E-state index >= 15 is 0 Å². The van der Waals surface area contributed by atoms with E-state index in [1.807, 2.05) is 6.07 Å². The van der Waals surface area contributed by atoms with Crippen molar-refractivity contribution in [3.05, 3.63) is 88.5 Å². The van der Waals surface area contributed by atoms with E-state index < -0.39 is 12.1 Å². The summed E-state index contributed by atoms with van der Waals surface area (Å²) in [7, 11) is 0. The Morgan fingerprint density at radius 1 is 0.897 bits per heavy atom. The Kier molecular flexibility index (Phi) is 9.30. The molecule has 0 aliphatic carbocycles. The number of aliphatic hydroxyl groups excluding tert-OH is 1. The molecule has 1 atom stereocenters. The fourth-order valence-corrected chi connectivity index (χ4v) is 4.40. The standard InChI is InChI=1S/C35H43NO3/c1-23(2)19-20-36-32-29(25-14-16-28(17-15-25)34(3,4)5)21-27(22-30(32)35(6,7)8)31(37)18-11-24-9-12-26(13-10-24)33(38)39/h9-10,12-17,21-23,31,36-37H,19-20H2,1-8H3,(H,38,39). The summed E-state index contributed by atoms with van der Waals surface area (Å²) in [5, 5.41) is 24.1. The van der Waals surface area contributed by atoms with Gasteiger partial charge in [0.05, 0.1) is 5.56 Å². The maximum Gasteiger partial charge on any atom is 0.335 e. The van der Waals surface area contributed by atoms with Crippen LogP contribution < -0.4 is 5.32 Å². The normalized spacial score (nSPS) is 12.6. The maximum absolute atomic E-state index is 11.2. The molecule has 3 rings (SSSR count). The van der Waals surface area contributed by atoms with Gasteiger partial charge >= 0.3 is 5.97 Å². The fourth-order valence-electron chi connectivity index (χ4n) is 4.40. The number of hydrogen-bond acceptors (Lipinski definition) is 3. The number of benzene rings is 3. The molecule has 0 aliphatic heterocycles. The molecular weight excluding hydrogens is 482 g/mol. The van der Waals surface area contributed by atoms with Gasteiger partial charge in [-0.2, -0.15) is 0 Å². The summed E-state index contributed by atoms with van der Waals surface area (Å²) in [6.07, 6.45) is 0.0604. The number of nitrogens with one attached hydrogen (secondary N) is 1. The maximum atomic E-state index is 11.2. The minimum Gasteiger partial charge on any atom is -0.478 e. The van der Waals surface area contributed by atoms with Crippen molar-refractivity contribution >= 4 is 11.7 Å². The zero-order valence-electron chi connectivity index (χ0n) is 24.6. The van der Waals surface area contributed by atoms with Gasteiger partial charge in [-0.3, -0.25) is 0 Å². The van der Waals surface area contributed by atoms with E-state index in [1.165, 1.54) is 17.7 Å². The molecule has 4 nitrogen and oxygen atoms in total. The second-order valence-electron chi connectivity index (χ2n) is 12.7. The van der Waals surface area contributed by atoms with Crippen LogP contribution in [0.1, 0.15) is 101 Å². The summed E-state index contributed by atoms with van der Waals surface area (Å²) >= 11 is 0. The van der Waals surface area contributed by atoms with Crippen molar-refractivity contribution in [3.63, 3.8) is 0 Å². The molecule has 3 aromatic carbocycles. The zero-order chi connectivity index (χ0) is 29.0. The first-order valence-electron chi connectivity index (χ1n) is 13.7. The van der Waals surface area contributed by atoms with Gasteiger partial charge in [-0.05, 0) is 81.8 Å². The highest BCUT2D eigenvalue weighted by molar-refractivity contribution is 5.87. The van der Waals surface area contributed by atoms with Gasteiger partial charge in [-0.25, -0.2) is 4.79 Å². The second-order valence-corrected chi connectivity index (χ2v) is 12.7. The topological polar surface area (TPSA) is 69.6 Å². The minimum atomic E-state index is -0.998. The third kappa shape index (κ3) is 7.97. The Morgan fingerprint density at radius 2 is 1.51 bits per heavy atom. The van der Waals surface area contributed by atoms with Crippen LogP contribution in [0, 0.1) is 17.8 Å². The molecule has 1 unspecified atom stereocenters. The van der Waals surface area contributed by atoms with Crippen molar-refractivity contribution in [3.8, 4) is 23.0 Å². The number of anilines is 1. The number of carboxylic acid groups (broad SMARTS) is 1. The van der Waals surface area contributed by atoms with Gasteiger partial charge in [0.1, 0.15) is 6.10 Å². The number of aliphatic hydroxyl groups is 1. The van der Waals surface area contributed by atoms with E-state index in [0.717, 1.165) is 40.9 Å². The van der Waals surface area contributed by atoms with E-state index in [1.54, 1.807) is 12.1 Å². The van der Waals surface area contributed by atoms with Crippen LogP contribution >= 0.6 is 0 Å². The van der Waals surface area contributed by atoms with Crippen molar-refractivity contribution in [1.29, 1.82) is 0 Å². The first-order chi connectivity index (χ1) is 18.2. The van der Waals surface area contributed by atoms with Crippen LogP contribution in [0.15, 0.2) is 60.7 Å². The molecule has 0 amide bonds. The zero-order valence-corrected chi connectivity index (χ0v) is 24.6. The van der Waals surface area contributed by atoms with Crippen LogP contribution in [0.3, 0.4) is 0 Å². The molecule has 39 heavy (non-hydrogen) atoms. The average molecular weight is 526 g/mol. The molecule has 3 N–H and O–H groups in total. The lowest BCUT2D eigenvalue weighted by atomic mass is 9.81. The molecule has 0 bridgehead atoms. The summed E-state index contributed by atoms with van der Waals surface area (Å²) < 4.78 is 0. The molecule has 0 aromatic heterocycles. The first kappa shape index (κ1) is 30.0. The summed E-state index contributed by atoms with van der Waals surface area (Å²) in [5.41, 5.74) is 7.12. The highest BCUT2D eigenvalue weighted by Gasteiger charge is 2.24. The van der Waals surface area contributed by atoms with E-state index in [0.29, 0.717) is 11.5 Å². The fraction of sp³-hybridized carbons (Fsp3) is 0.400. The van der Waals surface area contributed by atoms with Crippen LogP contribution in [0.4, 0.5) is 5.69 Å². The predicted molar refractivity (Wildman–Crippen MR) is 162 cm³/mol. The lowest BCUT2D eigenvalue weighted by molar-refractivity contribution is 0.0697. The number of aromatic carboxylic acids is 1. The highest BCUT2D eigenvalue weighted by Crippen LogP contribution is 2.40. The smallest absolute Gasteiger partial charge is 0.335 e. The van der Waals surface area contributed by atoms with Gasteiger partial charge in [0.2, 0.25) is 0 Å². The van der Waals surface area contributed by atoms with Crippen LogP contribution in [0.25, 0.3) is 11.1 Å². The van der Waals surface area contributed by atoms with Crippen molar-refractivity contribution in [2.24, 2.45) is 5.92 Å². The summed E-state index contributed by atoms with van der Waals surface area (Å²) in [6.45, 7) is 18.5. The van der Waals surface area contributed by atoms with Crippen LogP contribution in [-0.4, -0.2) is 22.7 Å². The van der Waals surface area contributed by atoms with Gasteiger partial charge in [0, 0.05) is 23.4 Å². The van der Waals surface area contributed by atoms with Crippen molar-refractivity contribution in [1.82, 2.24) is 0 Å². The van der Waals surface area contributed by atoms with Gasteiger partial charge in [-0.1, -0.05) is 91.5 Å². The van der Waals surface area contributed by atoms with Crippen molar-refractivity contribution in [2.75, 3.05) is 11.9 Å². The molecule has 0 fully saturated rings. The van der Waals surface area contributed by atoms with Gasteiger partial charge < -0.3 is 15.5 Å². The molecule has 0 saturated carbocycles. The minimum absolute atomic E-state index is 0.0593. The van der Waals surface area contributed by atoms with Crippen LogP contribution in [-0.2, 0) is 10.8 Å². The Morgan fingerprint density at radius 3 is 2.03 bits per heavy atom. The average Bonchev–Trinajstić information content (AvgIpc) is 2.86. The Bertz CT molecular complexity index is 1340. The van der Waals surface area contributed by atoms with E-state index in [2.05, 4.69) is 103 Å². The van der Waals surface area contributed by atoms with E-state index in [-0.39, 0.29) is 16.4 Å². The molecule has 3 aromatic rings. The van der Waals surface area contributed by atoms with Gasteiger partial charge in [-0.15, -0.1) is 0 Å². The van der Waals surface area contributed by atoms with E-state index in [9.17, 15) is 9.90 Å². The number of rotatable bonds is 7. The highest BCUT2D eigenvalue weighted by atomic mass is 16.4. The van der Waals surface area contributed by atoms with Crippen LogP contribution in [0.5, 0.6) is 0 Å². The van der Waals surface area contributed by atoms with Gasteiger partial charge in [0.25, 0.3) is 0 Å². The van der Waals surface area contributed by atoms with Gasteiger partial charge in [0.15, 0.2) is 0 Å². The number of hydrogen-bond donors (Lipinski definition) is 3. The largest absolute Gasteiger partial charge is 0.478 e. The molecule has 0 spiro atoms. The molecule has 0 heterocycles. The first-order valence-corrected chi connectivity index (χ1v) is 13.7. The molecular formula is C35H43NO3. The summed E-state index contributed by atoms with van der Waals surface area (Å²) in [5.74, 6) is 5.58. The molecule has 4 heteroatoms. The van der Waals surface area contributed by atoms with Crippen molar-refractivity contribution in [2.45, 2.75) is 78.7 Å². The SMILES string of the molecule is CC(C)CCNc1c(-c2ccc(C(C)(C)C)cc2)cc(C(O)C#Cc2ccc(C(=O)O)cc2)cc1C(C)(C)C. The second kappa shape index (κ2) is 12.1. The molecule has 0 aliphatic rings. The quantitative estimate of drug-likeness (QED) is 0.272. The predicted octanol–water partition coefficient (Wildman–Crippen LogP) is 8.19. The number of carbonyl (C=O) groups is 1. The summed E-state index contributed by atoms with van der Waals surface area (Å²) in [6, 6.07) is 19.2. The molecule has 0 saturated heterocycles. The van der Waals surface area contributed by atoms with Crippen molar-refractivity contribution < 1.29 is 15.0 Å². The Hall–Kier alpha value is -3.55. The monoisotopic (exact) mass is 525 g/mol. The number of carboxylic acids is 1. The third-order valence-corrected chi connectivity index (χ3v) is 6.85. The lowest BCUT2D eigenvalue weighted by Crippen LogP contribution is -2.18. The lowest BCUT2D eigenvalue weighted by Gasteiger charge is -2.28. The third-order valence-electron chi connectivity index (χ3n) is 6.85. The Balaban J connectivity index is 2.11. The Labute approximate surface area is 234 Å². The van der Waals surface area contributed by atoms with Crippen LogP contribution in [0.2, 0.25) is 0 Å². The molecule has 0 radical (unpaired) electrons. The van der Waals surface area contributed by atoms with E-state index in [4.69, 9.17) is 5.11 Å². The summed E-state index contributed by atoms with van der Waals surface area (Å²) in [4.78, 5) is 11.1.